The molecule has 7 rings (SSSR count). The van der Waals surface area contributed by atoms with Crippen molar-refractivity contribution in [2.75, 3.05) is 20.2 Å². The Balaban J connectivity index is 1.17. The van der Waals surface area contributed by atoms with Gasteiger partial charge in [-0.2, -0.15) is 0 Å². The number of hydrogen-bond acceptors (Lipinski definition) is 13. The molecule has 318 valence electrons. The van der Waals surface area contributed by atoms with Crippen LogP contribution in [0.5, 0.6) is 11.6 Å². The number of morpholine rings is 1. The molecule has 1 aromatic heterocycles. The second-order valence-electron chi connectivity index (χ2n) is 16.8. The molecule has 18 nitrogen and oxygen atoms in total. The molecule has 5 amide bonds. The van der Waals surface area contributed by atoms with E-state index < -0.39 is 98.4 Å². The summed E-state index contributed by atoms with van der Waals surface area (Å²) in [6.07, 6.45) is 2.11. The highest BCUT2D eigenvalue weighted by atomic mass is 32.2. The van der Waals surface area contributed by atoms with E-state index in [0.717, 1.165) is 5.39 Å². The Morgan fingerprint density at radius 1 is 1.08 bits per heavy atom. The van der Waals surface area contributed by atoms with E-state index in [0.29, 0.717) is 36.8 Å². The number of likely N-dealkylation sites (tertiary alicyclic amines) is 2. The van der Waals surface area contributed by atoms with Crippen molar-refractivity contribution < 1.29 is 56.1 Å². The van der Waals surface area contributed by atoms with E-state index in [4.69, 9.17) is 18.9 Å². The fourth-order valence-electron chi connectivity index (χ4n) is 8.22. The molecule has 0 radical (unpaired) electrons. The number of carbonyl (C=O) groups excluding carboxylic acids is 6. The fourth-order valence-corrected chi connectivity index (χ4v) is 9.59. The number of esters is 1. The largest absolute Gasteiger partial charge is 0.497 e. The zero-order valence-electron chi connectivity index (χ0n) is 33.4. The summed E-state index contributed by atoms with van der Waals surface area (Å²) in [5.74, 6) is -3.07. The molecular weight excluding hydrogens is 789 g/mol. The molecule has 1 aromatic carbocycles. The number of ether oxygens (including phenoxy) is 4. The van der Waals surface area contributed by atoms with E-state index in [1.807, 2.05) is 0 Å². The molecule has 2 bridgehead atoms. The predicted octanol–water partition coefficient (Wildman–Crippen LogP) is 1.85. The summed E-state index contributed by atoms with van der Waals surface area (Å²) < 4.78 is 50.3. The van der Waals surface area contributed by atoms with Crippen LogP contribution in [0.3, 0.4) is 0 Å². The van der Waals surface area contributed by atoms with Crippen LogP contribution in [0.2, 0.25) is 0 Å². The number of amides is 5. The van der Waals surface area contributed by atoms with Gasteiger partial charge in [-0.25, -0.2) is 23.0 Å². The summed E-state index contributed by atoms with van der Waals surface area (Å²) in [6.45, 7) is 8.80. The van der Waals surface area contributed by atoms with Crippen molar-refractivity contribution in [2.24, 2.45) is 5.92 Å². The van der Waals surface area contributed by atoms with Crippen molar-refractivity contribution in [3.05, 3.63) is 43.1 Å². The number of carbonyl (C=O) groups is 6. The number of methoxy groups -OCH3 is 1. The van der Waals surface area contributed by atoms with Gasteiger partial charge in [0.25, 0.3) is 5.91 Å². The molecule has 2 saturated carbocycles. The van der Waals surface area contributed by atoms with Gasteiger partial charge in [0, 0.05) is 36.8 Å². The molecule has 4 heterocycles. The van der Waals surface area contributed by atoms with Gasteiger partial charge in [0.1, 0.15) is 47.2 Å². The molecule has 3 N–H and O–H groups in total. The number of sulfonamides is 1. The van der Waals surface area contributed by atoms with Gasteiger partial charge in [0.05, 0.1) is 25.4 Å². The zero-order valence-corrected chi connectivity index (χ0v) is 34.2. The van der Waals surface area contributed by atoms with Gasteiger partial charge in [0.2, 0.25) is 33.6 Å². The van der Waals surface area contributed by atoms with E-state index in [1.54, 1.807) is 58.3 Å². The van der Waals surface area contributed by atoms with Crippen LogP contribution in [-0.4, -0.2) is 126 Å². The van der Waals surface area contributed by atoms with Crippen LogP contribution in [0.25, 0.3) is 10.8 Å². The van der Waals surface area contributed by atoms with E-state index in [1.165, 1.54) is 15.9 Å². The van der Waals surface area contributed by atoms with Crippen LogP contribution >= 0.6 is 0 Å². The second kappa shape index (κ2) is 16.0. The lowest BCUT2D eigenvalue weighted by molar-refractivity contribution is -0.157. The molecule has 3 saturated heterocycles. The lowest BCUT2D eigenvalue weighted by Crippen LogP contribution is -2.70. The molecular formula is C40H50N6O12S. The monoisotopic (exact) mass is 838 g/mol. The molecule has 5 fully saturated rings. The molecule has 7 atom stereocenters. The van der Waals surface area contributed by atoms with Crippen molar-refractivity contribution in [3.63, 3.8) is 0 Å². The Bertz CT molecular complexity index is 2170. The minimum absolute atomic E-state index is 0.0837. The molecule has 3 aliphatic heterocycles. The molecule has 19 heteroatoms. The Hall–Kier alpha value is -5.46. The van der Waals surface area contributed by atoms with Crippen molar-refractivity contribution in [1.82, 2.24) is 30.1 Å². The fraction of sp³-hybridized carbons (Fsp3) is 0.575. The van der Waals surface area contributed by atoms with Crippen LogP contribution in [0.4, 0.5) is 4.79 Å². The van der Waals surface area contributed by atoms with E-state index in [9.17, 15) is 37.2 Å². The highest BCUT2D eigenvalue weighted by Gasteiger charge is 2.56. The first-order chi connectivity index (χ1) is 27.9. The number of benzene rings is 1. The Labute approximate surface area is 341 Å². The molecule has 1 unspecified atom stereocenters. The van der Waals surface area contributed by atoms with Gasteiger partial charge in [-0.05, 0) is 82.5 Å². The number of fused-ring (bicyclic) bond motifs is 3. The quantitative estimate of drug-likeness (QED) is 0.183. The molecule has 2 aromatic rings. The van der Waals surface area contributed by atoms with E-state index >= 15 is 0 Å². The second-order valence-corrected chi connectivity index (χ2v) is 18.8. The summed E-state index contributed by atoms with van der Waals surface area (Å²) in [6, 6.07) is 3.69. The lowest BCUT2D eigenvalue weighted by Gasteiger charge is -2.47. The van der Waals surface area contributed by atoms with E-state index in [-0.39, 0.29) is 44.7 Å². The van der Waals surface area contributed by atoms with Crippen molar-refractivity contribution >= 4 is 56.5 Å². The number of hydrogen-bond donors (Lipinski definition) is 3. The minimum Gasteiger partial charge on any atom is -0.497 e. The number of pyridine rings is 1. The summed E-state index contributed by atoms with van der Waals surface area (Å²) in [4.78, 5) is 89.0. The van der Waals surface area contributed by atoms with Crippen molar-refractivity contribution in [3.8, 4) is 11.6 Å². The third-order valence-electron chi connectivity index (χ3n) is 11.6. The number of nitrogens with one attached hydrogen (secondary N) is 3. The summed E-state index contributed by atoms with van der Waals surface area (Å²) in [5.41, 5.74) is -2.61. The maximum Gasteiger partial charge on any atom is 0.408 e. The Morgan fingerprint density at radius 2 is 1.85 bits per heavy atom. The van der Waals surface area contributed by atoms with Gasteiger partial charge in [-0.1, -0.05) is 6.08 Å². The number of rotatable bonds is 14. The maximum atomic E-state index is 14.7. The predicted molar refractivity (Wildman–Crippen MR) is 209 cm³/mol. The number of alkyl carbamates (subject to hydrolysis) is 1. The first kappa shape index (κ1) is 41.7. The Kier molecular flexibility index (Phi) is 11.3. The number of nitrogens with zero attached hydrogens (tertiary/aromatic N) is 3. The maximum absolute atomic E-state index is 14.7. The SMILES string of the molecule is C=CC1CC[C@]1(NC(=O)[C@@H]1C[C@@H](Oc2nccc3cc(OC)ccc23)CN1C(=O)[C@H](CCC(=O)N1C[C@H]2C[C@@H]1C(=O)O2)NC(=O)OC(C)(C)C)C(=O)NS(=O)(=O)C1CC1. The standard InChI is InChI=1S/C40H50N6O12S/c1-6-23-13-15-40(23,37(51)44-59(53,54)27-8-9-27)43-33(48)30-18-25(56-34-28-10-7-24(55-5)17-22(28)14-16-41-34)21-46(30)35(49)29(42-38(52)58-39(2,3)4)11-12-32(47)45-20-26-19-31(45)36(50)57-26/h6-7,10,14,16-17,23,25-27,29-31H,1,8-9,11-13,15,18-21H2,2-5H3,(H,42,52)(H,43,48)(H,44,51)/t23?,25-,26-,29+,30+,31-,40-/m1/s1. The zero-order chi connectivity index (χ0) is 42.4. The lowest BCUT2D eigenvalue weighted by atomic mass is 9.66. The van der Waals surface area contributed by atoms with Gasteiger partial charge in [-0.15, -0.1) is 6.58 Å². The van der Waals surface area contributed by atoms with Crippen LogP contribution < -0.4 is 24.8 Å². The van der Waals surface area contributed by atoms with Gasteiger partial charge < -0.3 is 39.4 Å². The van der Waals surface area contributed by atoms with E-state index in [2.05, 4.69) is 26.9 Å². The highest BCUT2D eigenvalue weighted by Crippen LogP contribution is 2.41. The smallest absolute Gasteiger partial charge is 0.408 e. The van der Waals surface area contributed by atoms with Gasteiger partial charge in [0.15, 0.2) is 0 Å². The summed E-state index contributed by atoms with van der Waals surface area (Å²) in [7, 11) is -2.43. The van der Waals surface area contributed by atoms with Crippen molar-refractivity contribution in [2.45, 2.75) is 119 Å². The van der Waals surface area contributed by atoms with Gasteiger partial charge >= 0.3 is 12.1 Å². The molecule has 2 aliphatic carbocycles. The Morgan fingerprint density at radius 3 is 2.47 bits per heavy atom. The highest BCUT2D eigenvalue weighted by molar-refractivity contribution is 7.91. The van der Waals surface area contributed by atoms with Crippen LogP contribution in [0.1, 0.15) is 72.1 Å². The normalized spacial score (nSPS) is 26.6. The number of aromatic nitrogens is 1. The van der Waals surface area contributed by atoms with Crippen LogP contribution in [0, 0.1) is 5.92 Å². The topological polar surface area (TPSA) is 229 Å². The van der Waals surface area contributed by atoms with Crippen molar-refractivity contribution in [1.29, 1.82) is 0 Å². The molecule has 59 heavy (non-hydrogen) atoms. The van der Waals surface area contributed by atoms with Gasteiger partial charge in [-0.3, -0.25) is 23.9 Å². The van der Waals surface area contributed by atoms with Crippen LogP contribution in [-0.2, 0) is 43.5 Å². The average molecular weight is 839 g/mol. The average Bonchev–Trinajstić information content (AvgIpc) is 3.70. The van der Waals surface area contributed by atoms with Crippen LogP contribution in [0.15, 0.2) is 43.1 Å². The molecule has 5 aliphatic rings. The summed E-state index contributed by atoms with van der Waals surface area (Å²) >= 11 is 0. The third-order valence-corrected chi connectivity index (χ3v) is 13.4. The first-order valence-corrected chi connectivity index (χ1v) is 21.4. The third kappa shape index (κ3) is 8.65. The minimum atomic E-state index is -3.98. The molecule has 0 spiro atoms. The first-order valence-electron chi connectivity index (χ1n) is 19.8. The summed E-state index contributed by atoms with van der Waals surface area (Å²) in [5, 5.41) is 6.09.